The van der Waals surface area contributed by atoms with Crippen LogP contribution in [0.3, 0.4) is 0 Å². The first-order chi connectivity index (χ1) is 10.8. The van der Waals surface area contributed by atoms with Gasteiger partial charge in [-0.1, -0.05) is 12.1 Å². The molecule has 0 aromatic heterocycles. The average Bonchev–Trinajstić information content (AvgIpc) is 2.74. The average molecular weight is 318 g/mol. The number of hydrogen-bond donors (Lipinski definition) is 0. The van der Waals surface area contributed by atoms with E-state index in [1.807, 2.05) is 43.3 Å². The Kier molecular flexibility index (Phi) is 4.88. The molecule has 0 spiro atoms. The summed E-state index contributed by atoms with van der Waals surface area (Å²) < 4.78 is 0. The lowest BCUT2D eigenvalue weighted by molar-refractivity contribution is -0.136. The Hall–Kier alpha value is -2.57. The molecule has 0 aliphatic carbocycles. The van der Waals surface area contributed by atoms with Crippen molar-refractivity contribution in [2.75, 3.05) is 46.2 Å². The normalized spacial score (nSPS) is 14.4. The number of anilines is 1. The van der Waals surface area contributed by atoms with Gasteiger partial charge in [0.25, 0.3) is 5.91 Å². The Balaban J connectivity index is 1.95. The number of amides is 4. The summed E-state index contributed by atoms with van der Waals surface area (Å²) in [5.41, 5.74) is 2.07. The smallest absolute Gasteiger partial charge is 0.327 e. The minimum absolute atomic E-state index is 0.0296. The second-order valence-electron chi connectivity index (χ2n) is 5.93. The van der Waals surface area contributed by atoms with Gasteiger partial charge in [0, 0.05) is 40.4 Å². The van der Waals surface area contributed by atoms with Gasteiger partial charge in [-0.2, -0.15) is 0 Å². The molecule has 1 aromatic carbocycles. The quantitative estimate of drug-likeness (QED) is 0.746. The number of likely N-dealkylation sites (N-methyl/N-ethyl adjacent to an activating group) is 2. The molecule has 23 heavy (non-hydrogen) atoms. The van der Waals surface area contributed by atoms with Crippen molar-refractivity contribution in [1.29, 1.82) is 0 Å². The van der Waals surface area contributed by atoms with E-state index in [0.29, 0.717) is 6.54 Å². The zero-order chi connectivity index (χ0) is 17.1. The number of carbonyl (C=O) groups is 3. The Morgan fingerprint density at radius 1 is 1.13 bits per heavy atom. The second kappa shape index (κ2) is 6.68. The predicted molar refractivity (Wildman–Crippen MR) is 87.0 cm³/mol. The highest BCUT2D eigenvalue weighted by molar-refractivity contribution is 6.04. The van der Waals surface area contributed by atoms with Crippen molar-refractivity contribution in [3.05, 3.63) is 29.8 Å². The highest BCUT2D eigenvalue weighted by Crippen LogP contribution is 2.14. The van der Waals surface area contributed by atoms with Crippen molar-refractivity contribution < 1.29 is 14.4 Å². The molecule has 1 fully saturated rings. The third-order valence-electron chi connectivity index (χ3n) is 3.82. The number of benzene rings is 1. The van der Waals surface area contributed by atoms with Gasteiger partial charge >= 0.3 is 6.03 Å². The van der Waals surface area contributed by atoms with Crippen LogP contribution in [0.5, 0.6) is 0 Å². The fourth-order valence-electron chi connectivity index (χ4n) is 2.34. The summed E-state index contributed by atoms with van der Waals surface area (Å²) in [4.78, 5) is 41.5. The van der Waals surface area contributed by atoms with Crippen LogP contribution in [0.25, 0.3) is 0 Å². The summed E-state index contributed by atoms with van der Waals surface area (Å²) in [6, 6.07) is 7.46. The van der Waals surface area contributed by atoms with Crippen LogP contribution in [-0.4, -0.2) is 73.8 Å². The van der Waals surface area contributed by atoms with Crippen LogP contribution in [0.15, 0.2) is 24.3 Å². The maximum Gasteiger partial charge on any atom is 0.327 e. The molecule has 0 atom stereocenters. The largest absolute Gasteiger partial charge is 0.378 e. The van der Waals surface area contributed by atoms with Crippen LogP contribution in [0.4, 0.5) is 10.5 Å². The van der Waals surface area contributed by atoms with Crippen LogP contribution in [0.2, 0.25) is 0 Å². The Morgan fingerprint density at radius 2 is 1.74 bits per heavy atom. The third-order valence-corrected chi connectivity index (χ3v) is 3.82. The lowest BCUT2D eigenvalue weighted by atomic mass is 10.2. The molecule has 2 rings (SSSR count). The molecule has 124 valence electrons. The van der Waals surface area contributed by atoms with E-state index in [9.17, 15) is 14.4 Å². The molecular formula is C16H22N4O3. The van der Waals surface area contributed by atoms with Crippen molar-refractivity contribution in [2.24, 2.45) is 0 Å². The highest BCUT2D eigenvalue weighted by atomic mass is 16.2. The van der Waals surface area contributed by atoms with Gasteiger partial charge in [-0.25, -0.2) is 4.79 Å². The predicted octanol–water partition coefficient (Wildman–Crippen LogP) is 0.605. The van der Waals surface area contributed by atoms with Crippen LogP contribution >= 0.6 is 0 Å². The molecule has 0 N–H and O–H groups in total. The maximum atomic E-state index is 12.2. The van der Waals surface area contributed by atoms with Gasteiger partial charge < -0.3 is 14.7 Å². The van der Waals surface area contributed by atoms with Crippen molar-refractivity contribution in [1.82, 2.24) is 14.7 Å². The molecule has 4 amide bonds. The van der Waals surface area contributed by atoms with Crippen LogP contribution in [-0.2, 0) is 16.1 Å². The number of hydrogen-bond acceptors (Lipinski definition) is 4. The molecule has 1 heterocycles. The molecule has 1 aliphatic rings. The van der Waals surface area contributed by atoms with Crippen LogP contribution in [0.1, 0.15) is 5.56 Å². The molecule has 0 radical (unpaired) electrons. The number of nitrogens with zero attached hydrogens (tertiary/aromatic N) is 4. The topological polar surface area (TPSA) is 64.2 Å². The molecule has 7 heteroatoms. The Labute approximate surface area is 136 Å². The molecule has 0 bridgehead atoms. The molecule has 1 saturated heterocycles. The lowest BCUT2D eigenvalue weighted by Crippen LogP contribution is -2.41. The van der Waals surface area contributed by atoms with E-state index >= 15 is 0 Å². The number of carbonyl (C=O) groups excluding carboxylic acids is 3. The van der Waals surface area contributed by atoms with Crippen molar-refractivity contribution >= 4 is 23.5 Å². The summed E-state index contributed by atoms with van der Waals surface area (Å²) in [6.07, 6.45) is 0. The van der Waals surface area contributed by atoms with E-state index in [4.69, 9.17) is 0 Å². The van der Waals surface area contributed by atoms with E-state index in [1.165, 1.54) is 9.80 Å². The van der Waals surface area contributed by atoms with Gasteiger partial charge in [0.05, 0.1) is 0 Å². The first kappa shape index (κ1) is 16.8. The van der Waals surface area contributed by atoms with Crippen LogP contribution < -0.4 is 4.90 Å². The van der Waals surface area contributed by atoms with Gasteiger partial charge in [-0.05, 0) is 17.7 Å². The van der Waals surface area contributed by atoms with E-state index < -0.39 is 6.03 Å². The van der Waals surface area contributed by atoms with E-state index in [1.54, 1.807) is 14.1 Å². The molecule has 0 unspecified atom stereocenters. The van der Waals surface area contributed by atoms with E-state index in [2.05, 4.69) is 0 Å². The fourth-order valence-corrected chi connectivity index (χ4v) is 2.34. The van der Waals surface area contributed by atoms with Crippen molar-refractivity contribution in [2.45, 2.75) is 6.54 Å². The summed E-state index contributed by atoms with van der Waals surface area (Å²) in [5, 5.41) is 0. The second-order valence-corrected chi connectivity index (χ2v) is 5.93. The number of imide groups is 1. The van der Waals surface area contributed by atoms with Gasteiger partial charge in [0.15, 0.2) is 0 Å². The Bertz CT molecular complexity index is 612. The SMILES string of the molecule is CN(Cc1ccc(N(C)C)cc1)C(=O)CN1C(=O)CN(C)C1=O. The highest BCUT2D eigenvalue weighted by Gasteiger charge is 2.35. The van der Waals surface area contributed by atoms with Gasteiger partial charge in [0.1, 0.15) is 13.1 Å². The van der Waals surface area contributed by atoms with E-state index in [0.717, 1.165) is 16.2 Å². The van der Waals surface area contributed by atoms with Crippen LogP contribution in [0, 0.1) is 0 Å². The van der Waals surface area contributed by atoms with Gasteiger partial charge in [-0.15, -0.1) is 0 Å². The minimum atomic E-state index is -0.424. The fraction of sp³-hybridized carbons (Fsp3) is 0.438. The number of rotatable bonds is 5. The molecule has 1 aromatic rings. The van der Waals surface area contributed by atoms with E-state index in [-0.39, 0.29) is 24.9 Å². The first-order valence-corrected chi connectivity index (χ1v) is 7.35. The molecule has 0 saturated carbocycles. The summed E-state index contributed by atoms with van der Waals surface area (Å²) in [6.45, 7) is 0.245. The zero-order valence-electron chi connectivity index (χ0n) is 13.9. The lowest BCUT2D eigenvalue weighted by Gasteiger charge is -2.21. The molecule has 7 nitrogen and oxygen atoms in total. The number of urea groups is 1. The third kappa shape index (κ3) is 3.80. The zero-order valence-corrected chi connectivity index (χ0v) is 13.9. The summed E-state index contributed by atoms with van der Waals surface area (Å²) >= 11 is 0. The van der Waals surface area contributed by atoms with Gasteiger partial charge in [-0.3, -0.25) is 14.5 Å². The Morgan fingerprint density at radius 3 is 2.22 bits per heavy atom. The summed E-state index contributed by atoms with van der Waals surface area (Å²) in [7, 11) is 7.13. The maximum absolute atomic E-state index is 12.2. The molecule has 1 aliphatic heterocycles. The minimum Gasteiger partial charge on any atom is -0.378 e. The van der Waals surface area contributed by atoms with Crippen molar-refractivity contribution in [3.8, 4) is 0 Å². The molecular weight excluding hydrogens is 296 g/mol. The monoisotopic (exact) mass is 318 g/mol. The first-order valence-electron chi connectivity index (χ1n) is 7.35. The standard InChI is InChI=1S/C16H22N4O3/c1-17(2)13-7-5-12(6-8-13)9-18(3)14(21)11-20-15(22)10-19(4)16(20)23/h5-8H,9-11H2,1-4H3. The summed E-state index contributed by atoms with van der Waals surface area (Å²) in [5.74, 6) is -0.603. The van der Waals surface area contributed by atoms with Gasteiger partial charge in [0.2, 0.25) is 5.91 Å². The van der Waals surface area contributed by atoms with Crippen molar-refractivity contribution in [3.63, 3.8) is 0 Å².